The summed E-state index contributed by atoms with van der Waals surface area (Å²) in [5, 5.41) is 5.85. The van der Waals surface area contributed by atoms with Gasteiger partial charge >= 0.3 is 0 Å². The third kappa shape index (κ3) is 4.34. The van der Waals surface area contributed by atoms with Crippen LogP contribution in [0.25, 0.3) is 0 Å². The molecule has 23 heavy (non-hydrogen) atoms. The number of carbonyl (C=O) groups is 2. The van der Waals surface area contributed by atoms with Crippen LogP contribution in [0.1, 0.15) is 52.0 Å². The van der Waals surface area contributed by atoms with Crippen molar-refractivity contribution in [3.8, 4) is 0 Å². The average molecular weight is 316 g/mol. The zero-order valence-corrected chi connectivity index (χ0v) is 14.4. The van der Waals surface area contributed by atoms with Gasteiger partial charge in [-0.15, -0.1) is 0 Å². The van der Waals surface area contributed by atoms with E-state index in [-0.39, 0.29) is 23.1 Å². The first-order chi connectivity index (χ1) is 10.9. The Balaban J connectivity index is 2.07. The second-order valence-electron chi connectivity index (χ2n) is 6.99. The monoisotopic (exact) mass is 316 g/mol. The van der Waals surface area contributed by atoms with Crippen molar-refractivity contribution in [2.45, 2.75) is 57.9 Å². The van der Waals surface area contributed by atoms with E-state index < -0.39 is 6.04 Å². The van der Waals surface area contributed by atoms with Gasteiger partial charge in [0.1, 0.15) is 6.04 Å². The zero-order valence-electron chi connectivity index (χ0n) is 14.4. The lowest BCUT2D eigenvalue weighted by atomic mass is 9.78. The maximum Gasteiger partial charge on any atom is 0.242 e. The molecule has 1 aromatic rings. The Labute approximate surface area is 139 Å². The lowest BCUT2D eigenvalue weighted by Gasteiger charge is -2.31. The van der Waals surface area contributed by atoms with Gasteiger partial charge in [0.05, 0.1) is 0 Å². The molecule has 0 bridgehead atoms. The van der Waals surface area contributed by atoms with Crippen LogP contribution >= 0.6 is 0 Å². The summed E-state index contributed by atoms with van der Waals surface area (Å²) < 4.78 is 0. The van der Waals surface area contributed by atoms with E-state index in [1.54, 1.807) is 0 Å². The molecule has 4 nitrogen and oxygen atoms in total. The second kappa shape index (κ2) is 7.62. The zero-order chi connectivity index (χ0) is 16.9. The average Bonchev–Trinajstić information content (AvgIpc) is 3.01. The normalized spacial score (nSPS) is 17.7. The molecule has 0 aliphatic heterocycles. The summed E-state index contributed by atoms with van der Waals surface area (Å²) in [7, 11) is 0. The van der Waals surface area contributed by atoms with E-state index in [0.29, 0.717) is 6.54 Å². The minimum atomic E-state index is -0.471. The fraction of sp³-hybridized carbons (Fsp3) is 0.579. The van der Waals surface area contributed by atoms with Gasteiger partial charge < -0.3 is 10.6 Å². The van der Waals surface area contributed by atoms with Crippen molar-refractivity contribution in [1.82, 2.24) is 10.6 Å². The number of amides is 2. The molecule has 1 unspecified atom stereocenters. The van der Waals surface area contributed by atoms with Crippen LogP contribution in [-0.4, -0.2) is 24.4 Å². The fourth-order valence-electron chi connectivity index (χ4n) is 3.53. The fourth-order valence-corrected chi connectivity index (χ4v) is 3.53. The molecule has 1 aliphatic carbocycles. The largest absolute Gasteiger partial charge is 0.353 e. The molecule has 1 aromatic carbocycles. The molecular formula is C19H28N2O2. The van der Waals surface area contributed by atoms with Gasteiger partial charge in [0.15, 0.2) is 0 Å². The van der Waals surface area contributed by atoms with Crippen molar-refractivity contribution in [2.75, 3.05) is 6.54 Å². The number of benzene rings is 1. The van der Waals surface area contributed by atoms with Crippen LogP contribution in [0.3, 0.4) is 0 Å². The molecule has 0 heterocycles. The van der Waals surface area contributed by atoms with Crippen molar-refractivity contribution in [2.24, 2.45) is 5.92 Å². The van der Waals surface area contributed by atoms with E-state index in [2.05, 4.69) is 34.9 Å². The van der Waals surface area contributed by atoms with E-state index in [0.717, 1.165) is 12.8 Å². The Bertz CT molecular complexity index is 534. The molecule has 4 heteroatoms. The first-order valence-electron chi connectivity index (χ1n) is 8.55. The van der Waals surface area contributed by atoms with Crippen molar-refractivity contribution < 1.29 is 9.59 Å². The van der Waals surface area contributed by atoms with Gasteiger partial charge in [0.25, 0.3) is 0 Å². The van der Waals surface area contributed by atoms with Gasteiger partial charge in [-0.1, -0.05) is 57.0 Å². The summed E-state index contributed by atoms with van der Waals surface area (Å²) in [6.07, 6.45) is 4.60. The minimum Gasteiger partial charge on any atom is -0.353 e. The van der Waals surface area contributed by atoms with E-state index in [1.165, 1.54) is 25.3 Å². The maximum absolute atomic E-state index is 12.5. The number of hydrogen-bond acceptors (Lipinski definition) is 2. The van der Waals surface area contributed by atoms with Gasteiger partial charge in [-0.25, -0.2) is 0 Å². The molecule has 1 aliphatic rings. The molecule has 126 valence electrons. The molecule has 1 atom stereocenters. The van der Waals surface area contributed by atoms with Crippen LogP contribution in [0.4, 0.5) is 0 Å². The highest BCUT2D eigenvalue weighted by molar-refractivity contribution is 5.87. The van der Waals surface area contributed by atoms with E-state index in [1.807, 2.05) is 19.9 Å². The Morgan fingerprint density at radius 2 is 1.74 bits per heavy atom. The van der Waals surface area contributed by atoms with Crippen molar-refractivity contribution in [3.63, 3.8) is 0 Å². The number of carbonyl (C=O) groups excluding carboxylic acids is 2. The van der Waals surface area contributed by atoms with E-state index in [9.17, 15) is 9.59 Å². The van der Waals surface area contributed by atoms with Crippen LogP contribution in [0.2, 0.25) is 0 Å². The number of nitrogens with one attached hydrogen (secondary N) is 2. The summed E-state index contributed by atoms with van der Waals surface area (Å²) in [5.41, 5.74) is 1.34. The number of rotatable bonds is 6. The summed E-state index contributed by atoms with van der Waals surface area (Å²) in [5.74, 6) is -0.190. The summed E-state index contributed by atoms with van der Waals surface area (Å²) in [4.78, 5) is 23.8. The Hall–Kier alpha value is -1.84. The number of hydrogen-bond donors (Lipinski definition) is 2. The van der Waals surface area contributed by atoms with Gasteiger partial charge in [0, 0.05) is 18.9 Å². The first kappa shape index (κ1) is 17.5. The van der Waals surface area contributed by atoms with Gasteiger partial charge in [-0.05, 0) is 24.3 Å². The van der Waals surface area contributed by atoms with Crippen LogP contribution < -0.4 is 10.6 Å². The van der Waals surface area contributed by atoms with Gasteiger partial charge in [-0.2, -0.15) is 0 Å². The standard InChI is InChI=1S/C19H28N2O2/c1-14(2)17(21-15(3)22)18(23)20-13-19(11-7-8-12-19)16-9-5-4-6-10-16/h4-6,9-10,14,17H,7-8,11-13H2,1-3H3,(H,20,23)(H,21,22). The third-order valence-electron chi connectivity index (χ3n) is 4.86. The molecule has 1 saturated carbocycles. The highest BCUT2D eigenvalue weighted by Crippen LogP contribution is 2.40. The van der Waals surface area contributed by atoms with Crippen molar-refractivity contribution in [1.29, 1.82) is 0 Å². The van der Waals surface area contributed by atoms with E-state index in [4.69, 9.17) is 0 Å². The molecule has 2 N–H and O–H groups in total. The summed E-state index contributed by atoms with van der Waals surface area (Å²) in [6.45, 7) is 5.98. The summed E-state index contributed by atoms with van der Waals surface area (Å²) in [6, 6.07) is 9.99. The Morgan fingerprint density at radius 1 is 1.13 bits per heavy atom. The quantitative estimate of drug-likeness (QED) is 0.848. The minimum absolute atomic E-state index is 0.0364. The van der Waals surface area contributed by atoms with Crippen LogP contribution in [0.15, 0.2) is 30.3 Å². The maximum atomic E-state index is 12.5. The predicted octanol–water partition coefficient (Wildman–Crippen LogP) is 2.78. The van der Waals surface area contributed by atoms with Crippen LogP contribution in [0, 0.1) is 5.92 Å². The molecule has 0 aromatic heterocycles. The molecule has 0 saturated heterocycles. The SMILES string of the molecule is CC(=O)NC(C(=O)NCC1(c2ccccc2)CCCC1)C(C)C. The molecule has 2 amide bonds. The highest BCUT2D eigenvalue weighted by atomic mass is 16.2. The third-order valence-corrected chi connectivity index (χ3v) is 4.86. The first-order valence-corrected chi connectivity index (χ1v) is 8.55. The molecule has 0 spiro atoms. The second-order valence-corrected chi connectivity index (χ2v) is 6.99. The lowest BCUT2D eigenvalue weighted by Crippen LogP contribution is -2.51. The molecule has 1 fully saturated rings. The predicted molar refractivity (Wildman–Crippen MR) is 92.0 cm³/mol. The highest BCUT2D eigenvalue weighted by Gasteiger charge is 2.36. The van der Waals surface area contributed by atoms with Crippen LogP contribution in [0.5, 0.6) is 0 Å². The van der Waals surface area contributed by atoms with E-state index >= 15 is 0 Å². The topological polar surface area (TPSA) is 58.2 Å². The van der Waals surface area contributed by atoms with Crippen molar-refractivity contribution >= 4 is 11.8 Å². The van der Waals surface area contributed by atoms with Crippen LogP contribution in [-0.2, 0) is 15.0 Å². The smallest absolute Gasteiger partial charge is 0.242 e. The molecule has 0 radical (unpaired) electrons. The molecule has 2 rings (SSSR count). The summed E-state index contributed by atoms with van der Waals surface area (Å²) >= 11 is 0. The molecular weight excluding hydrogens is 288 g/mol. The van der Waals surface area contributed by atoms with Crippen molar-refractivity contribution in [3.05, 3.63) is 35.9 Å². The van der Waals surface area contributed by atoms with Gasteiger partial charge in [-0.3, -0.25) is 9.59 Å². The Kier molecular flexibility index (Phi) is 5.80. The Morgan fingerprint density at radius 3 is 2.26 bits per heavy atom. The lowest BCUT2D eigenvalue weighted by molar-refractivity contribution is -0.129. The van der Waals surface area contributed by atoms with Gasteiger partial charge in [0.2, 0.25) is 11.8 Å².